The summed E-state index contributed by atoms with van der Waals surface area (Å²) in [5.41, 5.74) is 0.350. The molecule has 1 fully saturated rings. The maximum atomic E-state index is 14.7. The third kappa shape index (κ3) is 4.07. The van der Waals surface area contributed by atoms with E-state index in [1.54, 1.807) is 31.2 Å². The zero-order chi connectivity index (χ0) is 24.1. The van der Waals surface area contributed by atoms with Crippen LogP contribution < -0.4 is 11.0 Å². The summed E-state index contributed by atoms with van der Waals surface area (Å²) < 4.78 is 33.5. The minimum Gasteiger partial charge on any atom is -0.461 e. The summed E-state index contributed by atoms with van der Waals surface area (Å²) in [6.45, 7) is 10.7. The van der Waals surface area contributed by atoms with Gasteiger partial charge in [0, 0.05) is 17.9 Å². The molecule has 0 radical (unpaired) electrons. The molecule has 0 bridgehead atoms. The monoisotopic (exact) mass is 452 g/mol. The molecule has 4 rings (SSSR count). The topological polar surface area (TPSA) is 79.7 Å². The van der Waals surface area contributed by atoms with Crippen molar-refractivity contribution in [2.24, 2.45) is 0 Å². The van der Waals surface area contributed by atoms with Gasteiger partial charge in [0.05, 0.1) is 28.5 Å². The standard InChI is InChI=1S/C24H26BFN2O5/c1-14-10-16-12-27-28(22(30)21(16)19(26)11-14)20-9-7-8-18(17(20)13-31-15(2)29)25-32-23(3,4)24(5,6)33-25/h7-12H,13H2,1-6H3. The summed E-state index contributed by atoms with van der Waals surface area (Å²) in [5, 5.41) is 4.64. The lowest BCUT2D eigenvalue weighted by Crippen LogP contribution is -2.41. The van der Waals surface area contributed by atoms with Gasteiger partial charge in [-0.25, -0.2) is 4.39 Å². The van der Waals surface area contributed by atoms with Gasteiger partial charge in [-0.1, -0.05) is 12.1 Å². The summed E-state index contributed by atoms with van der Waals surface area (Å²) in [6, 6.07) is 8.21. The highest BCUT2D eigenvalue weighted by Crippen LogP contribution is 2.37. The van der Waals surface area contributed by atoms with Gasteiger partial charge in [-0.3, -0.25) is 9.59 Å². The van der Waals surface area contributed by atoms with Crippen molar-refractivity contribution in [1.82, 2.24) is 9.78 Å². The van der Waals surface area contributed by atoms with Crippen molar-refractivity contribution in [2.75, 3.05) is 0 Å². The zero-order valence-electron chi connectivity index (χ0n) is 19.6. The largest absolute Gasteiger partial charge is 0.495 e. The van der Waals surface area contributed by atoms with Crippen LogP contribution in [0.4, 0.5) is 4.39 Å². The first-order chi connectivity index (χ1) is 15.4. The average molecular weight is 452 g/mol. The summed E-state index contributed by atoms with van der Waals surface area (Å²) in [4.78, 5) is 24.9. The van der Waals surface area contributed by atoms with E-state index in [2.05, 4.69) is 5.10 Å². The van der Waals surface area contributed by atoms with Crippen LogP contribution in [0.25, 0.3) is 16.5 Å². The molecule has 1 aromatic heterocycles. The second-order valence-electron chi connectivity index (χ2n) is 9.29. The highest BCUT2D eigenvalue weighted by molar-refractivity contribution is 6.62. The fraction of sp³-hybridized carbons (Fsp3) is 0.375. The molecule has 1 saturated heterocycles. The molecule has 33 heavy (non-hydrogen) atoms. The van der Waals surface area contributed by atoms with Crippen molar-refractivity contribution in [1.29, 1.82) is 0 Å². The Kier molecular flexibility index (Phi) is 5.66. The molecule has 0 atom stereocenters. The van der Waals surface area contributed by atoms with Gasteiger partial charge in [-0.2, -0.15) is 9.78 Å². The maximum Gasteiger partial charge on any atom is 0.495 e. The van der Waals surface area contributed by atoms with Crippen LogP contribution >= 0.6 is 0 Å². The quantitative estimate of drug-likeness (QED) is 0.447. The van der Waals surface area contributed by atoms with Crippen LogP contribution in [0.2, 0.25) is 0 Å². The SMILES string of the molecule is CC(=O)OCc1c(B2OC(C)(C)C(C)(C)O2)cccc1-n1ncc2cc(C)cc(F)c2c1=O. The minimum absolute atomic E-state index is 0.0601. The van der Waals surface area contributed by atoms with Crippen molar-refractivity contribution in [3.63, 3.8) is 0 Å². The van der Waals surface area contributed by atoms with E-state index in [4.69, 9.17) is 14.0 Å². The molecular weight excluding hydrogens is 426 g/mol. The number of hydrogen-bond donors (Lipinski definition) is 0. The molecule has 7 nitrogen and oxygen atoms in total. The molecule has 2 aromatic carbocycles. The molecule has 0 N–H and O–H groups in total. The van der Waals surface area contributed by atoms with Crippen molar-refractivity contribution in [3.05, 3.63) is 63.8 Å². The molecule has 1 aliphatic rings. The molecule has 0 spiro atoms. The summed E-state index contributed by atoms with van der Waals surface area (Å²) in [5.74, 6) is -1.10. The molecule has 0 saturated carbocycles. The fourth-order valence-corrected chi connectivity index (χ4v) is 3.86. The number of ether oxygens (including phenoxy) is 1. The van der Waals surface area contributed by atoms with Crippen molar-refractivity contribution >= 4 is 29.3 Å². The Morgan fingerprint density at radius 2 is 1.85 bits per heavy atom. The number of benzene rings is 2. The first kappa shape index (κ1) is 23.1. The number of carbonyl (C=O) groups excluding carboxylic acids is 1. The lowest BCUT2D eigenvalue weighted by atomic mass is 9.75. The maximum absolute atomic E-state index is 14.7. The summed E-state index contributed by atoms with van der Waals surface area (Å²) >= 11 is 0. The average Bonchev–Trinajstić information content (AvgIpc) is 2.93. The van der Waals surface area contributed by atoms with Crippen LogP contribution in [-0.2, 0) is 25.4 Å². The first-order valence-electron chi connectivity index (χ1n) is 10.7. The second kappa shape index (κ2) is 8.07. The van der Waals surface area contributed by atoms with Crippen molar-refractivity contribution in [3.8, 4) is 5.69 Å². The highest BCUT2D eigenvalue weighted by atomic mass is 19.1. The molecule has 1 aliphatic heterocycles. The van der Waals surface area contributed by atoms with Gasteiger partial charge in [0.15, 0.2) is 0 Å². The van der Waals surface area contributed by atoms with Crippen LogP contribution in [0, 0.1) is 12.7 Å². The minimum atomic E-state index is -0.754. The van der Waals surface area contributed by atoms with Gasteiger partial charge < -0.3 is 14.0 Å². The molecular formula is C24H26BFN2O5. The van der Waals surface area contributed by atoms with Gasteiger partial charge >= 0.3 is 13.1 Å². The number of rotatable bonds is 4. The van der Waals surface area contributed by atoms with Crippen molar-refractivity contribution in [2.45, 2.75) is 59.4 Å². The van der Waals surface area contributed by atoms with Gasteiger partial charge in [-0.15, -0.1) is 0 Å². The number of aromatic nitrogens is 2. The second-order valence-corrected chi connectivity index (χ2v) is 9.29. The Labute approximate surface area is 191 Å². The number of carbonyl (C=O) groups is 1. The molecule has 172 valence electrons. The lowest BCUT2D eigenvalue weighted by molar-refractivity contribution is -0.142. The normalized spacial score (nSPS) is 16.9. The summed E-state index contributed by atoms with van der Waals surface area (Å²) in [6.07, 6.45) is 1.45. The van der Waals surface area contributed by atoms with Crippen molar-refractivity contribution < 1.29 is 23.2 Å². The van der Waals surface area contributed by atoms with E-state index in [0.717, 1.165) is 4.68 Å². The van der Waals surface area contributed by atoms with Crippen LogP contribution in [0.15, 0.2) is 41.3 Å². The van der Waals surface area contributed by atoms with E-state index in [1.807, 2.05) is 27.7 Å². The van der Waals surface area contributed by atoms with Crippen LogP contribution in [0.3, 0.4) is 0 Å². The molecule has 0 aliphatic carbocycles. The third-order valence-electron chi connectivity index (χ3n) is 6.33. The Morgan fingerprint density at radius 3 is 2.48 bits per heavy atom. The predicted molar refractivity (Wildman–Crippen MR) is 123 cm³/mol. The van der Waals surface area contributed by atoms with Gasteiger partial charge in [-0.05, 0) is 63.8 Å². The highest BCUT2D eigenvalue weighted by Gasteiger charge is 2.52. The number of halogens is 1. The third-order valence-corrected chi connectivity index (χ3v) is 6.33. The van der Waals surface area contributed by atoms with E-state index in [1.165, 1.54) is 19.2 Å². The smallest absolute Gasteiger partial charge is 0.461 e. The Balaban J connectivity index is 1.91. The van der Waals surface area contributed by atoms with E-state index in [-0.39, 0.29) is 12.0 Å². The molecule has 2 heterocycles. The molecule has 3 aromatic rings. The Bertz CT molecular complexity index is 1300. The van der Waals surface area contributed by atoms with E-state index in [9.17, 15) is 14.0 Å². The lowest BCUT2D eigenvalue weighted by Gasteiger charge is -2.32. The summed E-state index contributed by atoms with van der Waals surface area (Å²) in [7, 11) is -0.754. The van der Waals surface area contributed by atoms with E-state index < -0.39 is 35.7 Å². The van der Waals surface area contributed by atoms with E-state index in [0.29, 0.717) is 27.7 Å². The van der Waals surface area contributed by atoms with Gasteiger partial charge in [0.2, 0.25) is 0 Å². The Hall–Kier alpha value is -3.04. The molecule has 0 unspecified atom stereocenters. The van der Waals surface area contributed by atoms with Gasteiger partial charge in [0.25, 0.3) is 5.56 Å². The Morgan fingerprint density at radius 1 is 1.18 bits per heavy atom. The van der Waals surface area contributed by atoms with E-state index >= 15 is 0 Å². The van der Waals surface area contributed by atoms with Crippen LogP contribution in [0.5, 0.6) is 0 Å². The number of esters is 1. The van der Waals surface area contributed by atoms with Gasteiger partial charge in [0.1, 0.15) is 12.4 Å². The zero-order valence-corrected chi connectivity index (χ0v) is 19.6. The predicted octanol–water partition coefficient (Wildman–Crippen LogP) is 3.20. The first-order valence-corrected chi connectivity index (χ1v) is 10.7. The van der Waals surface area contributed by atoms with Crippen LogP contribution in [-0.4, -0.2) is 34.1 Å². The number of nitrogens with zero attached hydrogens (tertiary/aromatic N) is 2. The fourth-order valence-electron chi connectivity index (χ4n) is 3.86. The number of aryl methyl sites for hydroxylation is 1. The molecule has 9 heteroatoms. The number of fused-ring (bicyclic) bond motifs is 1. The number of hydrogen-bond acceptors (Lipinski definition) is 6. The molecule has 0 amide bonds. The van der Waals surface area contributed by atoms with Crippen LogP contribution in [0.1, 0.15) is 45.7 Å².